The Bertz CT molecular complexity index is 319. The van der Waals surface area contributed by atoms with Crippen molar-refractivity contribution < 1.29 is 14.0 Å². The maximum absolute atomic E-state index is 10.9. The quantitative estimate of drug-likeness (QED) is 0.682. The molecule has 0 aliphatic heterocycles. The highest BCUT2D eigenvalue weighted by atomic mass is 16.3. The summed E-state index contributed by atoms with van der Waals surface area (Å²) in [4.78, 5) is 21.6. The van der Waals surface area contributed by atoms with Crippen molar-refractivity contribution in [2.24, 2.45) is 17.4 Å². The molecular weight excluding hydrogens is 184 g/mol. The molecule has 0 bridgehead atoms. The molecule has 0 saturated carbocycles. The number of primary amides is 2. The molecule has 4 N–H and O–H groups in total. The van der Waals surface area contributed by atoms with E-state index >= 15 is 0 Å². The van der Waals surface area contributed by atoms with Crippen LogP contribution in [-0.4, -0.2) is 11.8 Å². The highest BCUT2D eigenvalue weighted by molar-refractivity contribution is 5.84. The Labute approximate surface area is 81.1 Å². The Kier molecular flexibility index (Phi) is 3.28. The van der Waals surface area contributed by atoms with E-state index in [-0.39, 0.29) is 6.42 Å². The molecule has 0 fully saturated rings. The van der Waals surface area contributed by atoms with Crippen LogP contribution in [0.25, 0.3) is 0 Å². The molecule has 1 aromatic heterocycles. The van der Waals surface area contributed by atoms with E-state index in [1.807, 2.05) is 0 Å². The van der Waals surface area contributed by atoms with Crippen LogP contribution in [-0.2, 0) is 16.0 Å². The number of hydrogen-bond acceptors (Lipinski definition) is 3. The highest BCUT2D eigenvalue weighted by Gasteiger charge is 2.19. The van der Waals surface area contributed by atoms with Gasteiger partial charge in [-0.2, -0.15) is 0 Å². The number of furan rings is 1. The first-order chi connectivity index (χ1) is 6.59. The summed E-state index contributed by atoms with van der Waals surface area (Å²) in [7, 11) is 0. The second-order valence-corrected chi connectivity index (χ2v) is 3.05. The summed E-state index contributed by atoms with van der Waals surface area (Å²) in [6.07, 6.45) is 1.76. The fourth-order valence-corrected chi connectivity index (χ4v) is 1.19. The molecule has 1 aromatic rings. The number of carbonyl (C=O) groups is 2. The Morgan fingerprint density at radius 1 is 1.43 bits per heavy atom. The lowest BCUT2D eigenvalue weighted by Gasteiger charge is -2.08. The number of amides is 2. The lowest BCUT2D eigenvalue weighted by Crippen LogP contribution is -2.29. The first kappa shape index (κ1) is 10.3. The van der Waals surface area contributed by atoms with Crippen LogP contribution in [0.2, 0.25) is 0 Å². The molecule has 76 valence electrons. The molecule has 0 aliphatic carbocycles. The molecule has 0 saturated heterocycles. The largest absolute Gasteiger partial charge is 0.469 e. The standard InChI is InChI=1S/C9H12N2O3/c10-8(12)5-6(9(11)13)4-7-2-1-3-14-7/h1-3,6H,4-5H2,(H2,10,12)(H2,11,13). The molecule has 5 nitrogen and oxygen atoms in total. The van der Waals surface area contributed by atoms with Gasteiger partial charge >= 0.3 is 0 Å². The van der Waals surface area contributed by atoms with Crippen LogP contribution in [0, 0.1) is 5.92 Å². The summed E-state index contributed by atoms with van der Waals surface area (Å²) in [6.45, 7) is 0. The van der Waals surface area contributed by atoms with Crippen LogP contribution >= 0.6 is 0 Å². The number of carbonyl (C=O) groups excluding carboxylic acids is 2. The van der Waals surface area contributed by atoms with E-state index in [0.29, 0.717) is 12.2 Å². The van der Waals surface area contributed by atoms with Crippen LogP contribution < -0.4 is 11.5 Å². The van der Waals surface area contributed by atoms with Crippen molar-refractivity contribution in [2.75, 3.05) is 0 Å². The second kappa shape index (κ2) is 4.45. The molecule has 0 radical (unpaired) electrons. The number of hydrogen-bond donors (Lipinski definition) is 2. The van der Waals surface area contributed by atoms with Crippen LogP contribution in [0.1, 0.15) is 12.2 Å². The minimum absolute atomic E-state index is 0.0456. The molecule has 5 heteroatoms. The zero-order valence-corrected chi connectivity index (χ0v) is 7.60. The van der Waals surface area contributed by atoms with Crippen molar-refractivity contribution in [3.8, 4) is 0 Å². The average Bonchev–Trinajstić information content (AvgIpc) is 2.54. The van der Waals surface area contributed by atoms with Crippen molar-refractivity contribution in [1.29, 1.82) is 0 Å². The van der Waals surface area contributed by atoms with E-state index in [2.05, 4.69) is 0 Å². The van der Waals surface area contributed by atoms with Gasteiger partial charge in [0.25, 0.3) is 0 Å². The molecular formula is C9H12N2O3. The van der Waals surface area contributed by atoms with Gasteiger partial charge in [0.05, 0.1) is 12.2 Å². The monoisotopic (exact) mass is 196 g/mol. The van der Waals surface area contributed by atoms with Crippen LogP contribution in [0.5, 0.6) is 0 Å². The van der Waals surface area contributed by atoms with Gasteiger partial charge < -0.3 is 15.9 Å². The van der Waals surface area contributed by atoms with Crippen molar-refractivity contribution in [3.63, 3.8) is 0 Å². The summed E-state index contributed by atoms with van der Waals surface area (Å²) in [5, 5.41) is 0. The third kappa shape index (κ3) is 2.93. The minimum atomic E-state index is -0.585. The Hall–Kier alpha value is -1.78. The molecule has 1 atom stereocenters. The molecule has 0 aromatic carbocycles. The molecule has 0 aliphatic rings. The molecule has 1 heterocycles. The van der Waals surface area contributed by atoms with Gasteiger partial charge in [0.1, 0.15) is 5.76 Å². The SMILES string of the molecule is NC(=O)CC(Cc1ccco1)C(N)=O. The normalized spacial score (nSPS) is 12.3. The van der Waals surface area contributed by atoms with Gasteiger partial charge in [-0.25, -0.2) is 0 Å². The fourth-order valence-electron chi connectivity index (χ4n) is 1.19. The number of nitrogens with two attached hydrogens (primary N) is 2. The molecule has 14 heavy (non-hydrogen) atoms. The lowest BCUT2D eigenvalue weighted by molar-refractivity contribution is -0.127. The molecule has 0 spiro atoms. The van der Waals surface area contributed by atoms with Crippen molar-refractivity contribution in [1.82, 2.24) is 0 Å². The first-order valence-electron chi connectivity index (χ1n) is 4.19. The van der Waals surface area contributed by atoms with E-state index in [0.717, 1.165) is 0 Å². The first-order valence-corrected chi connectivity index (χ1v) is 4.19. The van der Waals surface area contributed by atoms with E-state index < -0.39 is 17.7 Å². The predicted octanol–water partition coefficient (Wildman–Crippen LogP) is -0.201. The Balaban J connectivity index is 2.60. The van der Waals surface area contributed by atoms with Gasteiger partial charge in [0.15, 0.2) is 0 Å². The lowest BCUT2D eigenvalue weighted by atomic mass is 9.99. The van der Waals surface area contributed by atoms with Crippen LogP contribution in [0.3, 0.4) is 0 Å². The Morgan fingerprint density at radius 3 is 2.57 bits per heavy atom. The number of rotatable bonds is 5. The summed E-state index contributed by atoms with van der Waals surface area (Å²) in [6, 6.07) is 3.43. The van der Waals surface area contributed by atoms with Crippen molar-refractivity contribution in [3.05, 3.63) is 24.2 Å². The third-order valence-corrected chi connectivity index (χ3v) is 1.88. The third-order valence-electron chi connectivity index (χ3n) is 1.88. The summed E-state index contributed by atoms with van der Waals surface area (Å²) >= 11 is 0. The van der Waals surface area contributed by atoms with E-state index in [4.69, 9.17) is 15.9 Å². The fraction of sp³-hybridized carbons (Fsp3) is 0.333. The zero-order chi connectivity index (χ0) is 10.6. The van der Waals surface area contributed by atoms with Crippen LogP contribution in [0.15, 0.2) is 22.8 Å². The molecule has 2 amide bonds. The van der Waals surface area contributed by atoms with Crippen molar-refractivity contribution in [2.45, 2.75) is 12.8 Å². The van der Waals surface area contributed by atoms with Gasteiger partial charge in [-0.1, -0.05) is 0 Å². The topological polar surface area (TPSA) is 99.3 Å². The van der Waals surface area contributed by atoms with Gasteiger partial charge in [-0.3, -0.25) is 9.59 Å². The van der Waals surface area contributed by atoms with Gasteiger partial charge in [-0.15, -0.1) is 0 Å². The zero-order valence-electron chi connectivity index (χ0n) is 7.60. The molecule has 1 rings (SSSR count). The minimum Gasteiger partial charge on any atom is -0.469 e. The second-order valence-electron chi connectivity index (χ2n) is 3.05. The van der Waals surface area contributed by atoms with Crippen LogP contribution in [0.4, 0.5) is 0 Å². The van der Waals surface area contributed by atoms with E-state index in [1.165, 1.54) is 6.26 Å². The summed E-state index contributed by atoms with van der Waals surface area (Å²) in [5.74, 6) is -1.05. The van der Waals surface area contributed by atoms with Gasteiger partial charge in [-0.05, 0) is 12.1 Å². The average molecular weight is 196 g/mol. The van der Waals surface area contributed by atoms with E-state index in [9.17, 15) is 9.59 Å². The van der Waals surface area contributed by atoms with Gasteiger partial charge in [0.2, 0.25) is 11.8 Å². The highest BCUT2D eigenvalue weighted by Crippen LogP contribution is 2.12. The maximum atomic E-state index is 10.9. The Morgan fingerprint density at radius 2 is 2.14 bits per heavy atom. The predicted molar refractivity (Wildman–Crippen MR) is 48.9 cm³/mol. The molecule has 1 unspecified atom stereocenters. The summed E-state index contributed by atoms with van der Waals surface area (Å²) < 4.78 is 5.04. The van der Waals surface area contributed by atoms with E-state index in [1.54, 1.807) is 12.1 Å². The van der Waals surface area contributed by atoms with Crippen molar-refractivity contribution >= 4 is 11.8 Å². The summed E-state index contributed by atoms with van der Waals surface area (Å²) in [5.41, 5.74) is 10.1. The maximum Gasteiger partial charge on any atom is 0.221 e. The van der Waals surface area contributed by atoms with Gasteiger partial charge in [0, 0.05) is 12.8 Å². The smallest absolute Gasteiger partial charge is 0.221 e.